The second-order valence-corrected chi connectivity index (χ2v) is 5.69. The Balaban J connectivity index is 1.97. The maximum atomic E-state index is 11.4. The smallest absolute Gasteiger partial charge is 0.275 e. The molecule has 0 aliphatic heterocycles. The number of hydrogen-bond acceptors (Lipinski definition) is 5. The number of thiophene rings is 1. The summed E-state index contributed by atoms with van der Waals surface area (Å²) in [5, 5.41) is 9.10. The van der Waals surface area contributed by atoms with Gasteiger partial charge in [-0.15, -0.1) is 11.3 Å². The minimum absolute atomic E-state index is 0.179. The van der Waals surface area contributed by atoms with Gasteiger partial charge in [-0.2, -0.15) is 0 Å². The highest BCUT2D eigenvalue weighted by Gasteiger charge is 2.25. The average molecular weight is 269 g/mol. The molecule has 4 N–H and O–H groups in total. The lowest BCUT2D eigenvalue weighted by atomic mass is 9.91. The molecule has 1 aliphatic carbocycles. The Labute approximate surface area is 111 Å². The van der Waals surface area contributed by atoms with Gasteiger partial charge in [-0.1, -0.05) is 6.42 Å². The molecule has 1 aliphatic rings. The van der Waals surface area contributed by atoms with Crippen molar-refractivity contribution in [2.24, 2.45) is 5.84 Å². The molecule has 1 aromatic heterocycles. The number of nitrogen functional groups attached to an aromatic ring is 1. The maximum Gasteiger partial charge on any atom is 0.275 e. The molecule has 1 amide bonds. The van der Waals surface area contributed by atoms with Crippen molar-refractivity contribution in [3.8, 4) is 0 Å². The normalized spacial score (nSPS) is 15.7. The highest BCUT2D eigenvalue weighted by Crippen LogP contribution is 2.27. The molecule has 0 bridgehead atoms. The molecule has 100 valence electrons. The van der Waals surface area contributed by atoms with Crippen molar-refractivity contribution in [1.29, 1.82) is 0 Å². The van der Waals surface area contributed by atoms with Crippen LogP contribution in [-0.4, -0.2) is 35.1 Å². The zero-order valence-electron chi connectivity index (χ0n) is 10.3. The monoisotopic (exact) mass is 269 g/mol. The van der Waals surface area contributed by atoms with E-state index < -0.39 is 0 Å². The third kappa shape index (κ3) is 3.08. The Kier molecular flexibility index (Phi) is 4.71. The average Bonchev–Trinajstić information content (AvgIpc) is 2.74. The van der Waals surface area contributed by atoms with Crippen molar-refractivity contribution >= 4 is 17.2 Å². The van der Waals surface area contributed by atoms with Gasteiger partial charge in [-0.05, 0) is 25.0 Å². The standard InChI is InChI=1S/C12H19N3O2S/c13-14-12(17)11-5-4-10(18-11)8-15(6-7-16)9-2-1-3-9/h4-5,9,16H,1-3,6-8,13H2,(H,14,17). The Morgan fingerprint density at radius 2 is 2.33 bits per heavy atom. The van der Waals surface area contributed by atoms with Crippen molar-refractivity contribution in [3.05, 3.63) is 21.9 Å². The quantitative estimate of drug-likeness (QED) is 0.403. The topological polar surface area (TPSA) is 78.6 Å². The molecule has 18 heavy (non-hydrogen) atoms. The van der Waals surface area contributed by atoms with E-state index in [0.29, 0.717) is 17.5 Å². The van der Waals surface area contributed by atoms with E-state index in [0.717, 1.165) is 11.4 Å². The number of aliphatic hydroxyl groups excluding tert-OH is 1. The van der Waals surface area contributed by atoms with Crippen LogP contribution in [0.2, 0.25) is 0 Å². The first-order valence-electron chi connectivity index (χ1n) is 6.19. The molecule has 0 atom stereocenters. The van der Waals surface area contributed by atoms with Crippen molar-refractivity contribution in [2.75, 3.05) is 13.2 Å². The summed E-state index contributed by atoms with van der Waals surface area (Å²) in [5.74, 6) is 4.86. The van der Waals surface area contributed by atoms with E-state index in [1.165, 1.54) is 30.6 Å². The fourth-order valence-electron chi connectivity index (χ4n) is 2.13. The van der Waals surface area contributed by atoms with Crippen LogP contribution in [0, 0.1) is 0 Å². The molecule has 0 unspecified atom stereocenters. The first-order valence-corrected chi connectivity index (χ1v) is 7.01. The third-order valence-corrected chi connectivity index (χ3v) is 4.42. The summed E-state index contributed by atoms with van der Waals surface area (Å²) in [6.45, 7) is 1.67. The highest BCUT2D eigenvalue weighted by atomic mass is 32.1. The molecule has 1 heterocycles. The van der Waals surface area contributed by atoms with Crippen LogP contribution in [0.25, 0.3) is 0 Å². The van der Waals surface area contributed by atoms with Crippen LogP contribution in [0.1, 0.15) is 33.8 Å². The summed E-state index contributed by atoms with van der Waals surface area (Å²) in [6, 6.07) is 4.34. The first kappa shape index (κ1) is 13.5. The summed E-state index contributed by atoms with van der Waals surface area (Å²) < 4.78 is 0. The molecule has 0 aromatic carbocycles. The lowest BCUT2D eigenvalue weighted by Crippen LogP contribution is -2.41. The molecule has 5 nitrogen and oxygen atoms in total. The van der Waals surface area contributed by atoms with Crippen molar-refractivity contribution in [3.63, 3.8) is 0 Å². The summed E-state index contributed by atoms with van der Waals surface area (Å²) in [7, 11) is 0. The van der Waals surface area contributed by atoms with Crippen LogP contribution in [-0.2, 0) is 6.54 Å². The molecule has 1 saturated carbocycles. The molecule has 6 heteroatoms. The summed E-state index contributed by atoms with van der Waals surface area (Å²) >= 11 is 1.46. The SMILES string of the molecule is NNC(=O)c1ccc(CN(CCO)C2CCC2)s1. The van der Waals surface area contributed by atoms with Crippen molar-refractivity contribution < 1.29 is 9.90 Å². The number of aliphatic hydroxyl groups is 1. The van der Waals surface area contributed by atoms with E-state index in [1.54, 1.807) is 6.07 Å². The van der Waals surface area contributed by atoms with E-state index in [-0.39, 0.29) is 12.5 Å². The molecular weight excluding hydrogens is 250 g/mol. The second kappa shape index (κ2) is 6.29. The minimum Gasteiger partial charge on any atom is -0.395 e. The van der Waals surface area contributed by atoms with Crippen LogP contribution < -0.4 is 11.3 Å². The Morgan fingerprint density at radius 1 is 1.56 bits per heavy atom. The fraction of sp³-hybridized carbons (Fsp3) is 0.583. The van der Waals surface area contributed by atoms with Crippen molar-refractivity contribution in [1.82, 2.24) is 10.3 Å². The van der Waals surface area contributed by atoms with Crippen LogP contribution >= 0.6 is 11.3 Å². The van der Waals surface area contributed by atoms with E-state index in [2.05, 4.69) is 10.3 Å². The lowest BCUT2D eigenvalue weighted by molar-refractivity contribution is 0.0953. The maximum absolute atomic E-state index is 11.4. The molecule has 2 rings (SSSR count). The zero-order valence-corrected chi connectivity index (χ0v) is 11.1. The Bertz CT molecular complexity index is 404. The minimum atomic E-state index is -0.247. The molecular formula is C12H19N3O2S. The van der Waals surface area contributed by atoms with Gasteiger partial charge >= 0.3 is 0 Å². The van der Waals surface area contributed by atoms with Crippen LogP contribution in [0.15, 0.2) is 12.1 Å². The third-order valence-electron chi connectivity index (χ3n) is 3.35. The largest absolute Gasteiger partial charge is 0.395 e. The summed E-state index contributed by atoms with van der Waals surface area (Å²) in [6.07, 6.45) is 3.70. The van der Waals surface area contributed by atoms with Gasteiger partial charge in [0.1, 0.15) is 0 Å². The number of rotatable bonds is 6. The van der Waals surface area contributed by atoms with E-state index >= 15 is 0 Å². The number of nitrogens with two attached hydrogens (primary N) is 1. The van der Waals surface area contributed by atoms with Crippen LogP contribution in [0.4, 0.5) is 0 Å². The summed E-state index contributed by atoms with van der Waals surface area (Å²) in [5.41, 5.74) is 2.14. The second-order valence-electron chi connectivity index (χ2n) is 4.52. The summed E-state index contributed by atoms with van der Waals surface area (Å²) in [4.78, 5) is 15.4. The number of hydrogen-bond donors (Lipinski definition) is 3. The number of amides is 1. The molecule has 0 saturated heterocycles. The van der Waals surface area contributed by atoms with Gasteiger partial charge in [0.05, 0.1) is 11.5 Å². The highest BCUT2D eigenvalue weighted by molar-refractivity contribution is 7.14. The Morgan fingerprint density at radius 3 is 2.89 bits per heavy atom. The molecule has 0 radical (unpaired) electrons. The molecule has 0 spiro atoms. The van der Waals surface area contributed by atoms with Crippen LogP contribution in [0.3, 0.4) is 0 Å². The van der Waals surface area contributed by atoms with E-state index in [9.17, 15) is 4.79 Å². The Hall–Kier alpha value is -0.950. The zero-order chi connectivity index (χ0) is 13.0. The fourth-order valence-corrected chi connectivity index (χ4v) is 3.06. The number of hydrazine groups is 1. The van der Waals surface area contributed by atoms with Crippen LogP contribution in [0.5, 0.6) is 0 Å². The van der Waals surface area contributed by atoms with Gasteiger partial charge in [0.25, 0.3) is 5.91 Å². The van der Waals surface area contributed by atoms with Crippen molar-refractivity contribution in [2.45, 2.75) is 31.8 Å². The van der Waals surface area contributed by atoms with Gasteiger partial charge in [-0.25, -0.2) is 5.84 Å². The number of nitrogens with one attached hydrogen (secondary N) is 1. The van der Waals surface area contributed by atoms with Gasteiger partial charge in [-0.3, -0.25) is 15.1 Å². The van der Waals surface area contributed by atoms with Gasteiger partial charge in [0.2, 0.25) is 0 Å². The first-order chi connectivity index (χ1) is 8.74. The number of carbonyl (C=O) groups excluding carboxylic acids is 1. The van der Waals surface area contributed by atoms with E-state index in [4.69, 9.17) is 10.9 Å². The predicted octanol–water partition coefficient (Wildman–Crippen LogP) is 0.698. The molecule has 1 fully saturated rings. The van der Waals surface area contributed by atoms with E-state index in [1.807, 2.05) is 6.07 Å². The number of carbonyl (C=O) groups is 1. The van der Waals surface area contributed by atoms with Gasteiger partial charge in [0.15, 0.2) is 0 Å². The van der Waals surface area contributed by atoms with Gasteiger partial charge < -0.3 is 5.11 Å². The molecule has 1 aromatic rings. The number of nitrogens with zero attached hydrogens (tertiary/aromatic N) is 1. The lowest BCUT2D eigenvalue weighted by Gasteiger charge is -2.37. The predicted molar refractivity (Wildman–Crippen MR) is 71.1 cm³/mol. The van der Waals surface area contributed by atoms with Gasteiger partial charge in [0, 0.05) is 24.0 Å².